The topological polar surface area (TPSA) is 47.6 Å². The smallest absolute Gasteiger partial charge is 0.255 e. The van der Waals surface area contributed by atoms with Gasteiger partial charge in [-0.05, 0) is 62.1 Å². The Labute approximate surface area is 142 Å². The molecule has 4 heteroatoms. The second kappa shape index (κ2) is 7.49. The molecule has 0 unspecified atom stereocenters. The van der Waals surface area contributed by atoms with Crippen molar-refractivity contribution in [2.75, 3.05) is 18.5 Å². The van der Waals surface area contributed by atoms with Crippen LogP contribution in [0.1, 0.15) is 34.3 Å². The van der Waals surface area contributed by atoms with Crippen molar-refractivity contribution in [3.05, 3.63) is 59.2 Å². The summed E-state index contributed by atoms with van der Waals surface area (Å²) in [6, 6.07) is 13.2. The first-order valence-corrected chi connectivity index (χ1v) is 8.35. The zero-order chi connectivity index (χ0) is 16.9. The Morgan fingerprint density at radius 3 is 2.50 bits per heavy atom. The number of anilines is 1. The lowest BCUT2D eigenvalue weighted by molar-refractivity contribution is 0.0679. The Kier molecular flexibility index (Phi) is 5.16. The van der Waals surface area contributed by atoms with Gasteiger partial charge < -0.3 is 14.8 Å². The van der Waals surface area contributed by atoms with Crippen LogP contribution in [0.5, 0.6) is 5.75 Å². The van der Waals surface area contributed by atoms with Gasteiger partial charge in [0.2, 0.25) is 0 Å². The van der Waals surface area contributed by atoms with Crippen molar-refractivity contribution in [3.63, 3.8) is 0 Å². The van der Waals surface area contributed by atoms with Crippen LogP contribution in [0.3, 0.4) is 0 Å². The molecule has 0 bridgehead atoms. The molecular weight excluding hydrogens is 302 g/mol. The van der Waals surface area contributed by atoms with Crippen LogP contribution in [0.4, 0.5) is 5.69 Å². The number of nitrogens with one attached hydrogen (secondary N) is 1. The van der Waals surface area contributed by atoms with Gasteiger partial charge >= 0.3 is 0 Å². The summed E-state index contributed by atoms with van der Waals surface area (Å²) in [5, 5.41) is 2.99. The third-order valence-electron chi connectivity index (χ3n) is 4.30. The molecule has 0 radical (unpaired) electrons. The van der Waals surface area contributed by atoms with Gasteiger partial charge in [-0.25, -0.2) is 0 Å². The molecule has 2 aromatic rings. The molecule has 1 N–H and O–H groups in total. The summed E-state index contributed by atoms with van der Waals surface area (Å²) in [4.78, 5) is 12.4. The van der Waals surface area contributed by atoms with Crippen molar-refractivity contribution in [2.24, 2.45) is 0 Å². The van der Waals surface area contributed by atoms with Gasteiger partial charge in [0.15, 0.2) is 0 Å². The van der Waals surface area contributed by atoms with Crippen molar-refractivity contribution in [3.8, 4) is 5.75 Å². The molecule has 24 heavy (non-hydrogen) atoms. The quantitative estimate of drug-likeness (QED) is 0.900. The summed E-state index contributed by atoms with van der Waals surface area (Å²) in [6.07, 6.45) is 2.35. The summed E-state index contributed by atoms with van der Waals surface area (Å²) >= 11 is 0. The number of rotatable bonds is 5. The molecule has 0 saturated carbocycles. The molecule has 1 atom stereocenters. The monoisotopic (exact) mass is 325 g/mol. The molecule has 0 spiro atoms. The van der Waals surface area contributed by atoms with E-state index in [1.807, 2.05) is 44.2 Å². The van der Waals surface area contributed by atoms with E-state index in [4.69, 9.17) is 9.47 Å². The van der Waals surface area contributed by atoms with Crippen molar-refractivity contribution in [2.45, 2.75) is 32.8 Å². The molecule has 4 nitrogen and oxygen atoms in total. The van der Waals surface area contributed by atoms with E-state index in [1.165, 1.54) is 0 Å². The number of para-hydroxylation sites is 1. The van der Waals surface area contributed by atoms with Crippen LogP contribution in [0.25, 0.3) is 0 Å². The zero-order valence-electron chi connectivity index (χ0n) is 14.2. The Morgan fingerprint density at radius 2 is 1.88 bits per heavy atom. The van der Waals surface area contributed by atoms with Crippen LogP contribution in [0.2, 0.25) is 0 Å². The maximum absolute atomic E-state index is 12.4. The first-order valence-electron chi connectivity index (χ1n) is 8.35. The number of ether oxygens (including phenoxy) is 2. The Morgan fingerprint density at radius 1 is 1.17 bits per heavy atom. The van der Waals surface area contributed by atoms with Gasteiger partial charge in [0.05, 0.1) is 6.10 Å². The van der Waals surface area contributed by atoms with E-state index in [9.17, 15) is 4.79 Å². The van der Waals surface area contributed by atoms with Gasteiger partial charge in [-0.15, -0.1) is 0 Å². The van der Waals surface area contributed by atoms with Gasteiger partial charge in [-0.2, -0.15) is 0 Å². The fourth-order valence-corrected chi connectivity index (χ4v) is 2.86. The van der Waals surface area contributed by atoms with Crippen LogP contribution < -0.4 is 10.1 Å². The lowest BCUT2D eigenvalue weighted by atomic mass is 10.1. The zero-order valence-corrected chi connectivity index (χ0v) is 14.2. The number of amides is 1. The molecule has 0 aromatic heterocycles. The summed E-state index contributed by atoms with van der Waals surface area (Å²) in [6.45, 7) is 5.37. The highest BCUT2D eigenvalue weighted by molar-refractivity contribution is 6.05. The van der Waals surface area contributed by atoms with Crippen molar-refractivity contribution in [1.29, 1.82) is 0 Å². The van der Waals surface area contributed by atoms with Gasteiger partial charge in [0, 0.05) is 17.9 Å². The third kappa shape index (κ3) is 3.95. The van der Waals surface area contributed by atoms with E-state index >= 15 is 0 Å². The van der Waals surface area contributed by atoms with Crippen LogP contribution in [-0.4, -0.2) is 25.2 Å². The molecule has 1 amide bonds. The minimum absolute atomic E-state index is 0.113. The third-order valence-corrected chi connectivity index (χ3v) is 4.30. The lowest BCUT2D eigenvalue weighted by Gasteiger charge is -2.13. The highest BCUT2D eigenvalue weighted by atomic mass is 16.5. The van der Waals surface area contributed by atoms with Gasteiger partial charge in [-0.1, -0.05) is 18.2 Å². The summed E-state index contributed by atoms with van der Waals surface area (Å²) in [5.74, 6) is 0.646. The van der Waals surface area contributed by atoms with Crippen LogP contribution in [0, 0.1) is 13.8 Å². The lowest BCUT2D eigenvalue weighted by Crippen LogP contribution is -2.16. The second-order valence-electron chi connectivity index (χ2n) is 6.19. The van der Waals surface area contributed by atoms with Gasteiger partial charge in [0.1, 0.15) is 12.4 Å². The van der Waals surface area contributed by atoms with E-state index < -0.39 is 0 Å². The van der Waals surface area contributed by atoms with E-state index in [0.29, 0.717) is 12.2 Å². The number of carbonyl (C=O) groups excluding carboxylic acids is 1. The molecule has 3 rings (SSSR count). The fraction of sp³-hybridized carbons (Fsp3) is 0.350. The fourth-order valence-electron chi connectivity index (χ4n) is 2.86. The highest BCUT2D eigenvalue weighted by Gasteiger charge is 2.16. The second-order valence-corrected chi connectivity index (χ2v) is 6.19. The number of hydrogen-bond donors (Lipinski definition) is 1. The predicted octanol–water partition coefficient (Wildman–Crippen LogP) is 4.11. The molecule has 2 aromatic carbocycles. The summed E-state index contributed by atoms with van der Waals surface area (Å²) < 4.78 is 11.3. The standard InChI is InChI=1S/C20H23NO3/c1-14-5-3-6-15(2)19(14)21-20(22)16-8-10-17(11-9-16)24-13-18-7-4-12-23-18/h3,5-6,8-11,18H,4,7,12-13H2,1-2H3,(H,21,22)/t18-/m1/s1. The van der Waals surface area contributed by atoms with Crippen molar-refractivity contribution >= 4 is 11.6 Å². The number of benzene rings is 2. The van der Waals surface area contributed by atoms with Crippen LogP contribution in [0.15, 0.2) is 42.5 Å². The van der Waals surface area contributed by atoms with Crippen LogP contribution in [-0.2, 0) is 4.74 Å². The van der Waals surface area contributed by atoms with E-state index in [2.05, 4.69) is 5.32 Å². The average Bonchev–Trinajstić information content (AvgIpc) is 3.10. The molecule has 1 heterocycles. The molecule has 1 aliphatic heterocycles. The minimum atomic E-state index is -0.113. The Balaban J connectivity index is 1.61. The normalized spacial score (nSPS) is 16.8. The first kappa shape index (κ1) is 16.5. The maximum atomic E-state index is 12.4. The first-order chi connectivity index (χ1) is 11.6. The predicted molar refractivity (Wildman–Crippen MR) is 94.8 cm³/mol. The molecule has 1 aliphatic rings. The highest BCUT2D eigenvalue weighted by Crippen LogP contribution is 2.21. The maximum Gasteiger partial charge on any atom is 0.255 e. The van der Waals surface area contributed by atoms with E-state index in [1.54, 1.807) is 12.1 Å². The Hall–Kier alpha value is -2.33. The average molecular weight is 325 g/mol. The van der Waals surface area contributed by atoms with Gasteiger partial charge in [0.25, 0.3) is 5.91 Å². The molecule has 1 saturated heterocycles. The Bertz CT molecular complexity index is 683. The van der Waals surface area contributed by atoms with Crippen LogP contribution >= 0.6 is 0 Å². The minimum Gasteiger partial charge on any atom is -0.491 e. The van der Waals surface area contributed by atoms with Crippen molar-refractivity contribution < 1.29 is 14.3 Å². The molecular formula is C20H23NO3. The number of hydrogen-bond acceptors (Lipinski definition) is 3. The largest absolute Gasteiger partial charge is 0.491 e. The summed E-state index contributed by atoms with van der Waals surface area (Å²) in [5.41, 5.74) is 3.60. The SMILES string of the molecule is Cc1cccc(C)c1NC(=O)c1ccc(OC[C@H]2CCCO2)cc1. The van der Waals surface area contributed by atoms with Crippen molar-refractivity contribution in [1.82, 2.24) is 0 Å². The number of carbonyl (C=O) groups is 1. The molecule has 0 aliphatic carbocycles. The number of aryl methyl sites for hydroxylation is 2. The van der Waals surface area contributed by atoms with Gasteiger partial charge in [-0.3, -0.25) is 4.79 Å². The van der Waals surface area contributed by atoms with E-state index in [-0.39, 0.29) is 12.0 Å². The summed E-state index contributed by atoms with van der Waals surface area (Å²) in [7, 11) is 0. The van der Waals surface area contributed by atoms with E-state index in [0.717, 1.165) is 42.0 Å². The molecule has 1 fully saturated rings. The molecule has 126 valence electrons.